The van der Waals surface area contributed by atoms with Gasteiger partial charge in [0.15, 0.2) is 5.13 Å². The molecule has 3 rings (SSSR count). The Morgan fingerprint density at radius 1 is 0.882 bits per heavy atom. The Labute approximate surface area is 302 Å². The van der Waals surface area contributed by atoms with Gasteiger partial charge in [-0.05, 0) is 56.9 Å². The van der Waals surface area contributed by atoms with Crippen molar-refractivity contribution in [3.05, 3.63) is 76.3 Å². The number of hydrogen-bond acceptors (Lipinski definition) is 10. The lowest BCUT2D eigenvalue weighted by Crippen LogP contribution is -2.59. The number of primary amides is 1. The summed E-state index contributed by atoms with van der Waals surface area (Å²) in [4.78, 5) is 69.7. The van der Waals surface area contributed by atoms with E-state index in [0.717, 1.165) is 22.5 Å². The third-order valence-corrected chi connectivity index (χ3v) is 8.38. The molecule has 0 bridgehead atoms. The number of aryl methyl sites for hydroxylation is 2. The van der Waals surface area contributed by atoms with Crippen molar-refractivity contribution in [1.29, 1.82) is 0 Å². The summed E-state index contributed by atoms with van der Waals surface area (Å²) in [6.07, 6.45) is -0.868. The van der Waals surface area contributed by atoms with Crippen molar-refractivity contribution in [2.24, 2.45) is 11.1 Å². The van der Waals surface area contributed by atoms with E-state index >= 15 is 0 Å². The molecule has 15 heteroatoms. The van der Waals surface area contributed by atoms with Gasteiger partial charge in [-0.3, -0.25) is 14.4 Å². The Morgan fingerprint density at radius 3 is 2.04 bits per heavy atom. The van der Waals surface area contributed by atoms with E-state index in [2.05, 4.69) is 26.3 Å². The van der Waals surface area contributed by atoms with Crippen LogP contribution in [0, 0.1) is 5.41 Å². The molecule has 14 nitrogen and oxygen atoms in total. The molecule has 0 saturated carbocycles. The van der Waals surface area contributed by atoms with Crippen LogP contribution in [0.25, 0.3) is 0 Å². The van der Waals surface area contributed by atoms with E-state index in [1.54, 1.807) is 67.8 Å². The summed E-state index contributed by atoms with van der Waals surface area (Å²) in [7, 11) is 3.26. The highest BCUT2D eigenvalue weighted by Crippen LogP contribution is 2.37. The van der Waals surface area contributed by atoms with E-state index in [-0.39, 0.29) is 21.8 Å². The first-order chi connectivity index (χ1) is 23.7. The molecule has 5 amide bonds. The minimum absolute atomic E-state index is 0.258. The van der Waals surface area contributed by atoms with E-state index < -0.39 is 41.0 Å². The number of alkyl carbamates (subject to hydrolysis) is 1. The van der Waals surface area contributed by atoms with Crippen molar-refractivity contribution in [1.82, 2.24) is 20.5 Å². The average molecular weight is 724 g/mol. The number of amides is 5. The zero-order chi connectivity index (χ0) is 38.1. The molecule has 2 aromatic carbocycles. The van der Waals surface area contributed by atoms with Crippen LogP contribution in [0.2, 0.25) is 0 Å². The van der Waals surface area contributed by atoms with Gasteiger partial charge in [-0.25, -0.2) is 14.6 Å². The number of nitrogens with zero attached hydrogens (tertiary/aromatic N) is 2. The topological polar surface area (TPSA) is 194 Å². The molecule has 2 atom stereocenters. The number of benzene rings is 2. The number of carbonyl (C=O) groups is 5. The maximum absolute atomic E-state index is 13.7. The van der Waals surface area contributed by atoms with Gasteiger partial charge in [0.1, 0.15) is 10.9 Å². The van der Waals surface area contributed by atoms with Crippen molar-refractivity contribution in [2.45, 2.75) is 85.2 Å². The highest BCUT2D eigenvalue weighted by molar-refractivity contribution is 7.17. The fourth-order valence-corrected chi connectivity index (χ4v) is 5.83. The van der Waals surface area contributed by atoms with Crippen LogP contribution in [-0.2, 0) is 38.3 Å². The van der Waals surface area contributed by atoms with Gasteiger partial charge in [-0.2, -0.15) is 0 Å². The van der Waals surface area contributed by atoms with Gasteiger partial charge >= 0.3 is 18.1 Å². The van der Waals surface area contributed by atoms with Crippen LogP contribution in [-0.4, -0.2) is 71.4 Å². The molecule has 6 N–H and O–H groups in total. The van der Waals surface area contributed by atoms with Crippen molar-refractivity contribution >= 4 is 52.1 Å². The number of likely N-dealkylation sites (N-methyl/N-ethyl adjacent to an activating group) is 1. The van der Waals surface area contributed by atoms with Crippen LogP contribution >= 0.6 is 11.3 Å². The number of anilines is 2. The second-order valence-electron chi connectivity index (χ2n) is 14.3. The predicted octanol–water partition coefficient (Wildman–Crippen LogP) is 5.05. The van der Waals surface area contributed by atoms with E-state index in [1.807, 2.05) is 42.5 Å². The Balaban J connectivity index is 1.84. The molecule has 0 aliphatic heterocycles. The van der Waals surface area contributed by atoms with E-state index in [1.165, 1.54) is 11.8 Å². The first-order valence-electron chi connectivity index (χ1n) is 16.4. The van der Waals surface area contributed by atoms with Crippen LogP contribution in [0.3, 0.4) is 0 Å². The lowest BCUT2D eigenvalue weighted by atomic mass is 9.90. The fourth-order valence-electron chi connectivity index (χ4n) is 4.86. The molecule has 3 aromatic rings. The molecule has 1 aromatic heterocycles. The molecule has 0 saturated heterocycles. The zero-order valence-electron chi connectivity index (χ0n) is 30.6. The third kappa shape index (κ3) is 12.0. The first kappa shape index (κ1) is 40.3. The highest BCUT2D eigenvalue weighted by Gasteiger charge is 2.50. The molecule has 276 valence electrons. The molecule has 1 unspecified atom stereocenters. The molecule has 0 aliphatic rings. The van der Waals surface area contributed by atoms with E-state index in [4.69, 9.17) is 15.2 Å². The molecule has 51 heavy (non-hydrogen) atoms. The van der Waals surface area contributed by atoms with Gasteiger partial charge in [-0.15, -0.1) is 0 Å². The molecule has 0 spiro atoms. The summed E-state index contributed by atoms with van der Waals surface area (Å²) in [6.45, 7) is 11.9. The largest absolute Gasteiger partial charge is 0.412 e. The molecule has 0 radical (unpaired) electrons. The van der Waals surface area contributed by atoms with Crippen LogP contribution in [0.15, 0.2) is 54.6 Å². The van der Waals surface area contributed by atoms with Gasteiger partial charge in [0.25, 0.3) is 5.91 Å². The Bertz CT molecular complexity index is 1700. The number of thiazole rings is 1. The molecule has 0 aliphatic carbocycles. The summed E-state index contributed by atoms with van der Waals surface area (Å²) >= 11 is 1.04. The lowest BCUT2D eigenvalue weighted by Gasteiger charge is -2.42. The maximum atomic E-state index is 13.7. The molecule has 1 heterocycles. The van der Waals surface area contributed by atoms with Gasteiger partial charge in [0.2, 0.25) is 11.8 Å². The molecule has 0 fully saturated rings. The second kappa shape index (κ2) is 16.7. The fraction of sp³-hybridized carbons (Fsp3) is 0.444. The van der Waals surface area contributed by atoms with Crippen molar-refractivity contribution in [3.8, 4) is 0 Å². The van der Waals surface area contributed by atoms with E-state index in [0.29, 0.717) is 30.6 Å². The summed E-state index contributed by atoms with van der Waals surface area (Å²) in [6, 6.07) is 15.7. The Kier molecular flexibility index (Phi) is 13.2. The van der Waals surface area contributed by atoms with Crippen molar-refractivity contribution in [2.75, 3.05) is 24.7 Å². The quantitative estimate of drug-likeness (QED) is 0.150. The Morgan fingerprint density at radius 2 is 1.51 bits per heavy atom. The number of hydrogen-bond donors (Lipinski definition) is 5. The Hall–Kier alpha value is -5.18. The van der Waals surface area contributed by atoms with E-state index in [9.17, 15) is 24.0 Å². The number of carbonyl (C=O) groups excluding carboxylic acids is 5. The highest BCUT2D eigenvalue weighted by atomic mass is 32.1. The second-order valence-corrected chi connectivity index (χ2v) is 15.3. The smallest absolute Gasteiger partial charge is 0.387 e. The summed E-state index contributed by atoms with van der Waals surface area (Å²) in [5, 5.41) is 11.5. The maximum Gasteiger partial charge on any atom is 0.412 e. The van der Waals surface area contributed by atoms with Crippen molar-refractivity contribution in [3.63, 3.8) is 0 Å². The number of aromatic nitrogens is 1. The van der Waals surface area contributed by atoms with Gasteiger partial charge in [0, 0.05) is 38.7 Å². The standard InChI is InChI=1S/C36H49N7O7S/c1-22(44)38-32-40-26(28(51-32)29(45)39-27(30(46)43(8)9)21-24-13-11-10-12-14-24)20-17-23-15-18-25(19-16-23)41-36(34(2,3)4,49-31(37)47)50-33(48)42-35(5,6)7/h10-16,18-19,27,41H,17,20-21H2,1-9H3,(H2,37,47)(H,39,45)(H,42,48)(H,38,40,44)/t27-,36?/m0/s1. The third-order valence-electron chi connectivity index (χ3n) is 7.37. The first-order valence-corrected chi connectivity index (χ1v) is 17.2. The zero-order valence-corrected chi connectivity index (χ0v) is 31.4. The molecular weight excluding hydrogens is 675 g/mol. The summed E-state index contributed by atoms with van der Waals surface area (Å²) in [5.41, 5.74) is 6.50. The normalized spacial score (nSPS) is 13.2. The SMILES string of the molecule is CC(=O)Nc1nc(CCc2ccc(NC(OC(N)=O)(OC(=O)NC(C)(C)C)C(C)(C)C)cc2)c(C(=O)N[C@@H](Cc2ccccc2)C(=O)N(C)C)s1. The monoisotopic (exact) mass is 723 g/mol. The summed E-state index contributed by atoms with van der Waals surface area (Å²) < 4.78 is 11.1. The van der Waals surface area contributed by atoms with Gasteiger partial charge in [-0.1, -0.05) is 74.6 Å². The van der Waals surface area contributed by atoms with Gasteiger partial charge < -0.3 is 41.4 Å². The predicted molar refractivity (Wildman–Crippen MR) is 196 cm³/mol. The van der Waals surface area contributed by atoms with Crippen LogP contribution < -0.4 is 27.0 Å². The van der Waals surface area contributed by atoms with Crippen LogP contribution in [0.4, 0.5) is 20.4 Å². The molecular formula is C36H49N7O7S. The minimum Gasteiger partial charge on any atom is -0.387 e. The van der Waals surface area contributed by atoms with Crippen LogP contribution in [0.5, 0.6) is 0 Å². The van der Waals surface area contributed by atoms with Crippen LogP contribution in [0.1, 0.15) is 75.0 Å². The average Bonchev–Trinajstić information content (AvgIpc) is 3.40. The van der Waals surface area contributed by atoms with Gasteiger partial charge in [0.05, 0.1) is 11.1 Å². The number of nitrogens with one attached hydrogen (secondary N) is 4. The lowest BCUT2D eigenvalue weighted by molar-refractivity contribution is -0.202. The van der Waals surface area contributed by atoms with Crippen molar-refractivity contribution < 1.29 is 33.4 Å². The minimum atomic E-state index is -1.97. The number of ether oxygens (including phenoxy) is 2. The number of nitrogens with two attached hydrogens (primary N) is 1. The summed E-state index contributed by atoms with van der Waals surface area (Å²) in [5.74, 6) is -3.03. The number of rotatable bonds is 13.